The quantitative estimate of drug-likeness (QED) is 0.764. The number of nitriles is 1. The van der Waals surface area contributed by atoms with Gasteiger partial charge in [-0.15, -0.1) is 0 Å². The molecule has 0 unspecified atom stereocenters. The van der Waals surface area contributed by atoms with Crippen molar-refractivity contribution < 1.29 is 13.6 Å². The molecule has 1 atom stereocenters. The Balaban J connectivity index is 1.31. The highest BCUT2D eigenvalue weighted by Crippen LogP contribution is 2.52. The number of carbonyl (C=O) groups excluding carboxylic acids is 1. The number of hydrogen-bond donors (Lipinski definition) is 1. The van der Waals surface area contributed by atoms with Gasteiger partial charge in [-0.2, -0.15) is 10.4 Å². The molecule has 10 heteroatoms. The first-order chi connectivity index (χ1) is 15.3. The Morgan fingerprint density at radius 1 is 1.16 bits per heavy atom. The Morgan fingerprint density at radius 3 is 2.59 bits per heavy atom. The van der Waals surface area contributed by atoms with Crippen LogP contribution in [0, 0.1) is 22.7 Å². The number of piperidine rings is 1. The predicted molar refractivity (Wildman–Crippen MR) is 115 cm³/mol. The predicted octanol–water partition coefficient (Wildman–Crippen LogP) is 3.45. The summed E-state index contributed by atoms with van der Waals surface area (Å²) in [5, 5.41) is 17.3. The normalized spacial score (nSPS) is 25.1. The number of pyridine rings is 1. The fraction of sp³-hybridized carbons (Fsp3) is 0.545. The summed E-state index contributed by atoms with van der Waals surface area (Å²) in [6, 6.07) is 7.65. The molecule has 0 spiro atoms. The van der Waals surface area contributed by atoms with Gasteiger partial charge in [0.2, 0.25) is 5.91 Å². The molecule has 1 aliphatic carbocycles. The van der Waals surface area contributed by atoms with Gasteiger partial charge in [-0.25, -0.2) is 13.8 Å². The van der Waals surface area contributed by atoms with Crippen LogP contribution in [0.25, 0.3) is 0 Å². The van der Waals surface area contributed by atoms with Crippen molar-refractivity contribution >= 4 is 29.0 Å². The van der Waals surface area contributed by atoms with Crippen molar-refractivity contribution in [2.75, 3.05) is 34.8 Å². The summed E-state index contributed by atoms with van der Waals surface area (Å²) in [4.78, 5) is 21.0. The van der Waals surface area contributed by atoms with Crippen LogP contribution in [0.3, 0.4) is 0 Å². The number of amides is 1. The summed E-state index contributed by atoms with van der Waals surface area (Å²) in [6.07, 6.45) is 3.71. The van der Waals surface area contributed by atoms with E-state index in [1.54, 1.807) is 35.0 Å². The second-order valence-electron chi connectivity index (χ2n) is 8.94. The minimum absolute atomic E-state index is 0.123. The highest BCUT2D eigenvalue weighted by molar-refractivity contribution is 6.02. The zero-order valence-electron chi connectivity index (χ0n) is 17.9. The van der Waals surface area contributed by atoms with Gasteiger partial charge in [-0.05, 0) is 31.2 Å². The van der Waals surface area contributed by atoms with E-state index in [0.29, 0.717) is 30.3 Å². The lowest BCUT2D eigenvalue weighted by Crippen LogP contribution is -2.40. The molecule has 3 aliphatic rings. The van der Waals surface area contributed by atoms with Crippen molar-refractivity contribution in [3.63, 3.8) is 0 Å². The van der Waals surface area contributed by atoms with Crippen LogP contribution in [-0.2, 0) is 11.8 Å². The van der Waals surface area contributed by atoms with Gasteiger partial charge in [0.25, 0.3) is 5.92 Å². The van der Waals surface area contributed by atoms with Crippen molar-refractivity contribution in [3.05, 3.63) is 24.4 Å². The average molecular weight is 441 g/mol. The van der Waals surface area contributed by atoms with Crippen LogP contribution < -0.4 is 15.1 Å². The van der Waals surface area contributed by atoms with Crippen molar-refractivity contribution in [2.45, 2.75) is 38.0 Å². The van der Waals surface area contributed by atoms with Gasteiger partial charge in [0.15, 0.2) is 5.82 Å². The third kappa shape index (κ3) is 3.55. The molecule has 2 saturated heterocycles. The van der Waals surface area contributed by atoms with Crippen LogP contribution in [0.15, 0.2) is 24.4 Å². The molecule has 1 amide bonds. The molecule has 0 bridgehead atoms. The second-order valence-corrected chi connectivity index (χ2v) is 8.94. The molecule has 3 fully saturated rings. The second kappa shape index (κ2) is 7.43. The highest BCUT2D eigenvalue weighted by Gasteiger charge is 2.56. The smallest absolute Gasteiger partial charge is 0.251 e. The summed E-state index contributed by atoms with van der Waals surface area (Å²) in [6.45, 7) is 1.07. The molecule has 0 aromatic carbocycles. The minimum atomic E-state index is -2.60. The van der Waals surface area contributed by atoms with Crippen molar-refractivity contribution in [1.29, 1.82) is 5.26 Å². The zero-order valence-corrected chi connectivity index (χ0v) is 17.9. The fourth-order valence-electron chi connectivity index (χ4n) is 4.80. The summed E-state index contributed by atoms with van der Waals surface area (Å²) >= 11 is 0. The summed E-state index contributed by atoms with van der Waals surface area (Å²) in [7, 11) is 1.78. The van der Waals surface area contributed by atoms with Gasteiger partial charge < -0.3 is 15.1 Å². The van der Waals surface area contributed by atoms with E-state index in [0.717, 1.165) is 18.7 Å². The third-order valence-corrected chi connectivity index (χ3v) is 6.82. The number of aromatic nitrogens is 3. The topological polar surface area (TPSA) is 90.1 Å². The van der Waals surface area contributed by atoms with E-state index >= 15 is 0 Å². The number of carbonyl (C=O) groups is 1. The molecule has 8 nitrogen and oxygen atoms in total. The van der Waals surface area contributed by atoms with Gasteiger partial charge in [0, 0.05) is 63.5 Å². The number of rotatable bonds is 5. The Kier molecular flexibility index (Phi) is 4.80. The van der Waals surface area contributed by atoms with Gasteiger partial charge in [0.1, 0.15) is 17.1 Å². The Bertz CT molecular complexity index is 1080. The van der Waals surface area contributed by atoms with Crippen LogP contribution in [0.4, 0.5) is 31.9 Å². The van der Waals surface area contributed by atoms with E-state index in [2.05, 4.69) is 21.5 Å². The third-order valence-electron chi connectivity index (χ3n) is 6.82. The van der Waals surface area contributed by atoms with E-state index in [-0.39, 0.29) is 37.8 Å². The van der Waals surface area contributed by atoms with Gasteiger partial charge in [-0.3, -0.25) is 9.48 Å². The lowest BCUT2D eigenvalue weighted by molar-refractivity contribution is -0.123. The maximum Gasteiger partial charge on any atom is 0.251 e. The lowest BCUT2D eigenvalue weighted by Gasteiger charge is -2.32. The summed E-state index contributed by atoms with van der Waals surface area (Å²) < 4.78 is 28.6. The Hall–Kier alpha value is -3.22. The molecule has 2 aliphatic heterocycles. The first-order valence-corrected chi connectivity index (χ1v) is 10.9. The van der Waals surface area contributed by atoms with Crippen LogP contribution in [-0.4, -0.2) is 46.2 Å². The van der Waals surface area contributed by atoms with E-state index in [9.17, 15) is 18.8 Å². The Morgan fingerprint density at radius 2 is 1.91 bits per heavy atom. The number of halogens is 2. The van der Waals surface area contributed by atoms with E-state index in [4.69, 9.17) is 0 Å². The SMILES string of the molecule is Cn1nc(Nc2cc(N3CC[C@@](C#N)(C4CC4)C3=O)ccn2)cc1N1CCC(F)(F)CC1. The van der Waals surface area contributed by atoms with Crippen molar-refractivity contribution in [1.82, 2.24) is 14.8 Å². The summed E-state index contributed by atoms with van der Waals surface area (Å²) in [5.74, 6) is -0.728. The lowest BCUT2D eigenvalue weighted by atomic mass is 9.83. The molecule has 2 aromatic heterocycles. The number of aryl methyl sites for hydroxylation is 1. The van der Waals surface area contributed by atoms with Crippen LogP contribution in [0.2, 0.25) is 0 Å². The molecule has 1 N–H and O–H groups in total. The Labute approximate surface area is 184 Å². The van der Waals surface area contributed by atoms with Crippen LogP contribution in [0.1, 0.15) is 32.1 Å². The van der Waals surface area contributed by atoms with Crippen LogP contribution in [0.5, 0.6) is 0 Å². The molecule has 4 heterocycles. The maximum atomic E-state index is 13.5. The maximum absolute atomic E-state index is 13.5. The molecule has 5 rings (SSSR count). The molecule has 1 saturated carbocycles. The number of hydrogen-bond acceptors (Lipinski definition) is 6. The first-order valence-electron chi connectivity index (χ1n) is 10.9. The van der Waals surface area contributed by atoms with E-state index in [1.165, 1.54) is 0 Å². The zero-order chi connectivity index (χ0) is 22.5. The van der Waals surface area contributed by atoms with Crippen molar-refractivity contribution in [2.24, 2.45) is 18.4 Å². The molecule has 0 radical (unpaired) electrons. The summed E-state index contributed by atoms with van der Waals surface area (Å²) in [5.41, 5.74) is -0.197. The fourth-order valence-corrected chi connectivity index (χ4v) is 4.80. The molecule has 32 heavy (non-hydrogen) atoms. The van der Waals surface area contributed by atoms with Gasteiger partial charge in [-0.1, -0.05) is 0 Å². The van der Waals surface area contributed by atoms with Crippen LogP contribution >= 0.6 is 0 Å². The number of nitrogens with one attached hydrogen (secondary N) is 1. The number of nitrogens with zero attached hydrogens (tertiary/aromatic N) is 6. The van der Waals surface area contributed by atoms with Gasteiger partial charge >= 0.3 is 0 Å². The highest BCUT2D eigenvalue weighted by atomic mass is 19.3. The standard InChI is InChI=1S/C22H25F2N7O/c1-29-19(30-9-6-22(23,24)7-10-30)13-18(28-29)27-17-12-16(4-8-26-17)31-11-5-21(14-25,20(31)32)15-2-3-15/h4,8,12-13,15H,2-3,5-7,9-11H2,1H3,(H,26,27,28)/t21-/m1/s1. The molecular formula is C22H25F2N7O. The van der Waals surface area contributed by atoms with Gasteiger partial charge in [0.05, 0.1) is 6.07 Å². The molecule has 2 aromatic rings. The number of anilines is 4. The monoisotopic (exact) mass is 441 g/mol. The molecular weight excluding hydrogens is 416 g/mol. The van der Waals surface area contributed by atoms with Crippen molar-refractivity contribution in [3.8, 4) is 6.07 Å². The first kappa shape index (κ1) is 20.7. The van der Waals surface area contributed by atoms with E-state index < -0.39 is 11.3 Å². The largest absolute Gasteiger partial charge is 0.356 e. The average Bonchev–Trinajstić information content (AvgIpc) is 3.48. The number of alkyl halides is 2. The minimum Gasteiger partial charge on any atom is -0.356 e. The van der Waals surface area contributed by atoms with E-state index in [1.807, 2.05) is 11.0 Å². The molecule has 168 valence electrons.